The summed E-state index contributed by atoms with van der Waals surface area (Å²) >= 11 is 0. The highest BCUT2D eigenvalue weighted by molar-refractivity contribution is 6.05. The summed E-state index contributed by atoms with van der Waals surface area (Å²) in [5, 5.41) is 0. The van der Waals surface area contributed by atoms with Crippen LogP contribution in [0.15, 0.2) is 48.5 Å². The van der Waals surface area contributed by atoms with Gasteiger partial charge in [-0.25, -0.2) is 0 Å². The van der Waals surface area contributed by atoms with E-state index in [-0.39, 0.29) is 36.2 Å². The van der Waals surface area contributed by atoms with Crippen molar-refractivity contribution in [3.8, 4) is 16.9 Å². The van der Waals surface area contributed by atoms with Gasteiger partial charge in [0.05, 0.1) is 24.9 Å². The third kappa shape index (κ3) is 3.66. The zero-order valence-electron chi connectivity index (χ0n) is 17.4. The van der Waals surface area contributed by atoms with Crippen LogP contribution in [0.5, 0.6) is 5.75 Å². The van der Waals surface area contributed by atoms with E-state index >= 15 is 0 Å². The number of hydrogen-bond acceptors (Lipinski definition) is 4. The van der Waals surface area contributed by atoms with E-state index in [4.69, 9.17) is 10.5 Å². The Morgan fingerprint density at radius 3 is 2.43 bits per heavy atom. The third-order valence-corrected chi connectivity index (χ3v) is 6.00. The number of ether oxygens (including phenoxy) is 1. The Balaban J connectivity index is 0.00000256. The monoisotopic (exact) mass is 429 g/mol. The van der Waals surface area contributed by atoms with Crippen molar-refractivity contribution in [3.63, 3.8) is 0 Å². The van der Waals surface area contributed by atoms with Crippen LogP contribution in [-0.2, 0) is 9.59 Å². The lowest BCUT2D eigenvalue weighted by atomic mass is 10.0. The van der Waals surface area contributed by atoms with Crippen LogP contribution in [0.25, 0.3) is 11.1 Å². The summed E-state index contributed by atoms with van der Waals surface area (Å²) in [6, 6.07) is 14.8. The molecule has 0 aromatic heterocycles. The van der Waals surface area contributed by atoms with Gasteiger partial charge in [-0.1, -0.05) is 50.2 Å². The van der Waals surface area contributed by atoms with Crippen molar-refractivity contribution < 1.29 is 14.3 Å². The van der Waals surface area contributed by atoms with Crippen molar-refractivity contribution in [3.05, 3.63) is 48.5 Å². The van der Waals surface area contributed by atoms with E-state index in [9.17, 15) is 9.59 Å². The predicted molar refractivity (Wildman–Crippen MR) is 120 cm³/mol. The minimum atomic E-state index is -0.577. The van der Waals surface area contributed by atoms with Crippen molar-refractivity contribution >= 4 is 29.9 Å². The van der Waals surface area contributed by atoms with Crippen LogP contribution >= 0.6 is 12.4 Å². The van der Waals surface area contributed by atoms with Gasteiger partial charge in [-0.2, -0.15) is 0 Å². The number of halogens is 1. The van der Waals surface area contributed by atoms with Gasteiger partial charge in [0.2, 0.25) is 11.8 Å². The number of piperazine rings is 1. The van der Waals surface area contributed by atoms with E-state index in [1.165, 1.54) is 0 Å². The molecule has 2 fully saturated rings. The largest absolute Gasteiger partial charge is 0.495 e. The highest BCUT2D eigenvalue weighted by Gasteiger charge is 2.53. The number of carbonyl (C=O) groups excluding carboxylic acids is 2. The van der Waals surface area contributed by atoms with Gasteiger partial charge in [-0.15, -0.1) is 12.4 Å². The molecule has 2 saturated heterocycles. The number of methoxy groups -OCH3 is 1. The highest BCUT2D eigenvalue weighted by atomic mass is 35.5. The summed E-state index contributed by atoms with van der Waals surface area (Å²) in [6.45, 7) is 4.35. The lowest BCUT2D eigenvalue weighted by Gasteiger charge is -2.36. The normalized spacial score (nSPS) is 21.0. The first-order valence-corrected chi connectivity index (χ1v) is 10.0. The number of carbonyl (C=O) groups is 2. The maximum atomic E-state index is 13.2. The molecule has 2 heterocycles. The van der Waals surface area contributed by atoms with Crippen LogP contribution in [0.4, 0.5) is 5.69 Å². The number of likely N-dealkylation sites (tertiary alicyclic amines) is 1. The van der Waals surface area contributed by atoms with Gasteiger partial charge in [-0.05, 0) is 35.6 Å². The summed E-state index contributed by atoms with van der Waals surface area (Å²) < 4.78 is 5.55. The molecule has 0 radical (unpaired) electrons. The summed E-state index contributed by atoms with van der Waals surface area (Å²) in [4.78, 5) is 29.4. The molecule has 4 rings (SSSR count). The number of nitrogens with two attached hydrogens (primary N) is 1. The summed E-state index contributed by atoms with van der Waals surface area (Å²) in [6.07, 6.45) is 0.633. The second-order valence-electron chi connectivity index (χ2n) is 8.13. The standard InChI is InChI=1S/C23H27N3O3.ClH/c1-14(2)21(24)23(28)25-13-17-12-19(25)22(27)26(17)18-11-16(9-10-20(18)29-3)15-7-5-4-6-8-15;/h4-11,14,17,19,21H,12-13,24H2,1-3H3;1H/t17-,19-,21+;/m0./s1. The number of anilines is 1. The molecular weight excluding hydrogens is 402 g/mol. The maximum absolute atomic E-state index is 13.2. The van der Waals surface area contributed by atoms with Gasteiger partial charge < -0.3 is 20.3 Å². The number of fused-ring (bicyclic) bond motifs is 2. The fourth-order valence-corrected chi connectivity index (χ4v) is 4.30. The van der Waals surface area contributed by atoms with Gasteiger partial charge in [-0.3, -0.25) is 9.59 Å². The first-order chi connectivity index (χ1) is 13.9. The molecule has 0 aliphatic carbocycles. The Hall–Kier alpha value is -2.57. The van der Waals surface area contributed by atoms with Crippen molar-refractivity contribution in [2.24, 2.45) is 11.7 Å². The molecule has 2 amide bonds. The van der Waals surface area contributed by atoms with E-state index in [1.54, 1.807) is 16.9 Å². The molecule has 6 nitrogen and oxygen atoms in total. The molecule has 0 saturated carbocycles. The average Bonchev–Trinajstić information content (AvgIpc) is 3.31. The van der Waals surface area contributed by atoms with Crippen LogP contribution in [0.2, 0.25) is 0 Å². The second-order valence-corrected chi connectivity index (χ2v) is 8.13. The van der Waals surface area contributed by atoms with Gasteiger partial charge in [0.1, 0.15) is 11.8 Å². The van der Waals surface area contributed by atoms with Gasteiger partial charge >= 0.3 is 0 Å². The zero-order valence-corrected chi connectivity index (χ0v) is 18.3. The molecule has 2 N–H and O–H groups in total. The van der Waals surface area contributed by atoms with Crippen molar-refractivity contribution in [1.82, 2.24) is 4.90 Å². The number of benzene rings is 2. The molecule has 7 heteroatoms. The molecular formula is C23H28ClN3O3. The average molecular weight is 430 g/mol. The first kappa shape index (κ1) is 22.1. The van der Waals surface area contributed by atoms with E-state index in [1.807, 2.05) is 62.4 Å². The first-order valence-electron chi connectivity index (χ1n) is 10.0. The minimum Gasteiger partial charge on any atom is -0.495 e. The smallest absolute Gasteiger partial charge is 0.250 e. The minimum absolute atomic E-state index is 0. The number of hydrogen-bond donors (Lipinski definition) is 1. The van der Waals surface area contributed by atoms with E-state index in [2.05, 4.69) is 0 Å². The number of amides is 2. The summed E-state index contributed by atoms with van der Waals surface area (Å²) in [7, 11) is 1.61. The molecule has 2 aliphatic rings. The second kappa shape index (κ2) is 8.66. The van der Waals surface area contributed by atoms with Crippen molar-refractivity contribution in [2.45, 2.75) is 38.4 Å². The van der Waals surface area contributed by atoms with Gasteiger partial charge in [0, 0.05) is 6.54 Å². The maximum Gasteiger partial charge on any atom is 0.250 e. The Morgan fingerprint density at radius 1 is 1.13 bits per heavy atom. The van der Waals surface area contributed by atoms with E-state index in [0.717, 1.165) is 16.8 Å². The van der Waals surface area contributed by atoms with E-state index < -0.39 is 12.1 Å². The molecule has 2 aromatic carbocycles. The SMILES string of the molecule is COc1ccc(-c2ccccc2)cc1N1C(=O)[C@@H]2C[C@H]1CN2C(=O)[C@H](N)C(C)C.Cl. The lowest BCUT2D eigenvalue weighted by Crippen LogP contribution is -2.57. The Morgan fingerprint density at radius 2 is 1.83 bits per heavy atom. The third-order valence-electron chi connectivity index (χ3n) is 6.00. The van der Waals surface area contributed by atoms with Crippen LogP contribution in [0.3, 0.4) is 0 Å². The molecule has 30 heavy (non-hydrogen) atoms. The van der Waals surface area contributed by atoms with Crippen molar-refractivity contribution in [1.29, 1.82) is 0 Å². The predicted octanol–water partition coefficient (Wildman–Crippen LogP) is 3.08. The molecule has 160 valence electrons. The van der Waals surface area contributed by atoms with E-state index in [0.29, 0.717) is 18.7 Å². The highest BCUT2D eigenvalue weighted by Crippen LogP contribution is 2.41. The Labute approximate surface area is 183 Å². The quantitative estimate of drug-likeness (QED) is 0.792. The Kier molecular flexibility index (Phi) is 6.38. The van der Waals surface area contributed by atoms with Crippen LogP contribution in [-0.4, -0.2) is 48.5 Å². The number of nitrogens with zero attached hydrogens (tertiary/aromatic N) is 2. The van der Waals surface area contributed by atoms with Crippen LogP contribution in [0.1, 0.15) is 20.3 Å². The summed E-state index contributed by atoms with van der Waals surface area (Å²) in [5.41, 5.74) is 8.91. The van der Waals surface area contributed by atoms with Crippen molar-refractivity contribution in [2.75, 3.05) is 18.6 Å². The van der Waals surface area contributed by atoms with Crippen LogP contribution < -0.4 is 15.4 Å². The lowest BCUT2D eigenvalue weighted by molar-refractivity contribution is -0.140. The molecule has 2 aliphatic heterocycles. The topological polar surface area (TPSA) is 75.9 Å². The fourth-order valence-electron chi connectivity index (χ4n) is 4.30. The summed E-state index contributed by atoms with van der Waals surface area (Å²) in [5.74, 6) is 0.498. The molecule has 0 spiro atoms. The van der Waals surface area contributed by atoms with Gasteiger partial charge in [0.25, 0.3) is 0 Å². The molecule has 2 aromatic rings. The molecule has 0 unspecified atom stereocenters. The fraction of sp³-hybridized carbons (Fsp3) is 0.391. The Bertz CT molecular complexity index is 935. The van der Waals surface area contributed by atoms with Crippen LogP contribution in [0, 0.1) is 5.92 Å². The number of rotatable bonds is 5. The molecule has 2 bridgehead atoms. The molecule has 3 atom stereocenters. The van der Waals surface area contributed by atoms with Gasteiger partial charge in [0.15, 0.2) is 0 Å². The zero-order chi connectivity index (χ0) is 20.7.